The van der Waals surface area contributed by atoms with Gasteiger partial charge in [-0.25, -0.2) is 4.57 Å². The van der Waals surface area contributed by atoms with Crippen LogP contribution >= 0.6 is 7.82 Å². The summed E-state index contributed by atoms with van der Waals surface area (Å²) in [5.41, 5.74) is 5.37. The predicted octanol–water partition coefficient (Wildman–Crippen LogP) is 11.6. The highest BCUT2D eigenvalue weighted by Gasteiger charge is 2.26. The number of phosphoric acid groups is 1. The molecule has 0 aliphatic rings. The lowest BCUT2D eigenvalue weighted by Gasteiger charge is -2.23. The summed E-state index contributed by atoms with van der Waals surface area (Å²) < 4.78 is 22.1. The summed E-state index contributed by atoms with van der Waals surface area (Å²) in [5.74, 6) is -0.191. The highest BCUT2D eigenvalue weighted by atomic mass is 31.2. The van der Waals surface area contributed by atoms with Crippen LogP contribution in [0.15, 0.2) is 12.2 Å². The van der Waals surface area contributed by atoms with Crippen LogP contribution in [0.3, 0.4) is 0 Å². The van der Waals surface area contributed by atoms with Crippen molar-refractivity contribution >= 4 is 13.7 Å². The normalized spacial score (nSPS) is 14.3. The van der Waals surface area contributed by atoms with Gasteiger partial charge in [0, 0.05) is 13.0 Å². The standard InChI is InChI=1S/C41H83N2O6P/c1-3-5-7-9-11-13-15-17-18-19-20-21-23-25-27-29-31-33-35-41(45)43-39(38-49-50(46,47)48-37-36-42)40(44)34-32-30-28-26-24-22-16-14-12-10-8-6-4-2/h32,34,39-40,44H,3-31,33,35-38,42H2,1-2H3,(H,43,45)(H,46,47)/b34-32+. The topological polar surface area (TPSA) is 131 Å². The Kier molecular flexibility index (Phi) is 37.4. The van der Waals surface area contributed by atoms with E-state index in [-0.39, 0.29) is 25.7 Å². The number of allylic oxidation sites excluding steroid dienone is 1. The number of amides is 1. The number of nitrogens with two attached hydrogens (primary N) is 1. The molecule has 0 rings (SSSR count). The lowest BCUT2D eigenvalue weighted by atomic mass is 10.0. The monoisotopic (exact) mass is 731 g/mol. The first-order valence-electron chi connectivity index (χ1n) is 21.3. The van der Waals surface area contributed by atoms with E-state index in [4.69, 9.17) is 14.8 Å². The predicted molar refractivity (Wildman–Crippen MR) is 212 cm³/mol. The van der Waals surface area contributed by atoms with Crippen LogP contribution in [0.25, 0.3) is 0 Å². The molecule has 0 saturated carbocycles. The molecule has 0 aromatic heterocycles. The summed E-state index contributed by atoms with van der Waals surface area (Å²) in [5, 5.41) is 13.6. The van der Waals surface area contributed by atoms with Crippen molar-refractivity contribution in [3.8, 4) is 0 Å². The van der Waals surface area contributed by atoms with E-state index in [0.29, 0.717) is 6.42 Å². The van der Waals surface area contributed by atoms with Gasteiger partial charge in [-0.15, -0.1) is 0 Å². The van der Waals surface area contributed by atoms with Gasteiger partial charge in [0.15, 0.2) is 0 Å². The van der Waals surface area contributed by atoms with Gasteiger partial charge >= 0.3 is 7.82 Å². The zero-order valence-electron chi connectivity index (χ0n) is 32.9. The van der Waals surface area contributed by atoms with Crippen molar-refractivity contribution in [3.05, 3.63) is 12.2 Å². The van der Waals surface area contributed by atoms with Gasteiger partial charge in [-0.05, 0) is 19.3 Å². The van der Waals surface area contributed by atoms with Crippen molar-refractivity contribution in [1.82, 2.24) is 5.32 Å². The third kappa shape index (κ3) is 35.6. The maximum Gasteiger partial charge on any atom is 0.472 e. The molecule has 0 aliphatic heterocycles. The second kappa shape index (κ2) is 38.0. The van der Waals surface area contributed by atoms with Crippen LogP contribution in [0.2, 0.25) is 0 Å². The first kappa shape index (κ1) is 49.2. The maximum atomic E-state index is 12.7. The molecule has 0 aliphatic carbocycles. The number of unbranched alkanes of at least 4 members (excludes halogenated alkanes) is 28. The molecule has 3 unspecified atom stereocenters. The van der Waals surface area contributed by atoms with Crippen molar-refractivity contribution in [1.29, 1.82) is 0 Å². The molecular formula is C41H83N2O6P. The highest BCUT2D eigenvalue weighted by Crippen LogP contribution is 2.43. The van der Waals surface area contributed by atoms with Gasteiger partial charge in [-0.1, -0.05) is 199 Å². The van der Waals surface area contributed by atoms with Crippen LogP contribution in [0, 0.1) is 0 Å². The van der Waals surface area contributed by atoms with E-state index >= 15 is 0 Å². The average Bonchev–Trinajstić information content (AvgIpc) is 3.10. The summed E-state index contributed by atoms with van der Waals surface area (Å²) in [4.78, 5) is 22.7. The highest BCUT2D eigenvalue weighted by molar-refractivity contribution is 7.47. The third-order valence-corrected chi connectivity index (χ3v) is 10.6. The van der Waals surface area contributed by atoms with Crippen LogP contribution in [-0.4, -0.2) is 47.8 Å². The van der Waals surface area contributed by atoms with Crippen molar-refractivity contribution < 1.29 is 28.4 Å². The molecule has 9 heteroatoms. The molecule has 1 amide bonds. The Morgan fingerprint density at radius 1 is 0.640 bits per heavy atom. The Labute approximate surface area is 309 Å². The first-order chi connectivity index (χ1) is 24.4. The van der Waals surface area contributed by atoms with Gasteiger partial charge < -0.3 is 21.1 Å². The number of rotatable bonds is 40. The Morgan fingerprint density at radius 3 is 1.42 bits per heavy atom. The lowest BCUT2D eigenvalue weighted by Crippen LogP contribution is -2.45. The Bertz CT molecular complexity index is 799. The molecule has 0 heterocycles. The van der Waals surface area contributed by atoms with Crippen molar-refractivity contribution in [2.45, 2.75) is 225 Å². The summed E-state index contributed by atoms with van der Waals surface area (Å²) in [6.07, 6.45) is 41.1. The summed E-state index contributed by atoms with van der Waals surface area (Å²) >= 11 is 0. The molecule has 8 nitrogen and oxygen atoms in total. The van der Waals surface area contributed by atoms with Gasteiger partial charge in [0.1, 0.15) is 0 Å². The average molecular weight is 731 g/mol. The lowest BCUT2D eigenvalue weighted by molar-refractivity contribution is -0.123. The summed E-state index contributed by atoms with van der Waals surface area (Å²) in [6, 6.07) is -0.853. The van der Waals surface area contributed by atoms with E-state index in [0.717, 1.165) is 38.5 Å². The Hall–Kier alpha value is -0.760. The number of phosphoric ester groups is 1. The largest absolute Gasteiger partial charge is 0.472 e. The fourth-order valence-electron chi connectivity index (χ4n) is 6.37. The van der Waals surface area contributed by atoms with Gasteiger partial charge in [-0.3, -0.25) is 13.8 Å². The quantitative estimate of drug-likeness (QED) is 0.0280. The van der Waals surface area contributed by atoms with Crippen LogP contribution in [0.1, 0.15) is 213 Å². The molecule has 0 spiro atoms. The van der Waals surface area contributed by atoms with E-state index in [1.807, 2.05) is 6.08 Å². The van der Waals surface area contributed by atoms with Crippen molar-refractivity contribution in [3.63, 3.8) is 0 Å². The molecular weight excluding hydrogens is 647 g/mol. The van der Waals surface area contributed by atoms with Crippen LogP contribution in [0.5, 0.6) is 0 Å². The molecule has 0 radical (unpaired) electrons. The molecule has 5 N–H and O–H groups in total. The van der Waals surface area contributed by atoms with E-state index < -0.39 is 20.0 Å². The van der Waals surface area contributed by atoms with Gasteiger partial charge in [-0.2, -0.15) is 0 Å². The number of carbonyl (C=O) groups is 1. The number of aliphatic hydroxyl groups is 1. The van der Waals surface area contributed by atoms with Gasteiger partial charge in [0.2, 0.25) is 5.91 Å². The molecule has 0 fully saturated rings. The van der Waals surface area contributed by atoms with Gasteiger partial charge in [0.05, 0.1) is 25.4 Å². The van der Waals surface area contributed by atoms with E-state index in [1.165, 1.54) is 154 Å². The number of hydrogen-bond acceptors (Lipinski definition) is 6. The third-order valence-electron chi connectivity index (χ3n) is 9.61. The van der Waals surface area contributed by atoms with Crippen molar-refractivity contribution in [2.24, 2.45) is 5.73 Å². The SMILES string of the molecule is CCCCCCCCCCCCC/C=C/C(O)C(COP(=O)(O)OCCN)NC(=O)CCCCCCCCCCCCCCCCCCCC. The minimum absolute atomic E-state index is 0.0812. The summed E-state index contributed by atoms with van der Waals surface area (Å²) in [6.45, 7) is 4.15. The molecule has 0 saturated heterocycles. The first-order valence-corrected chi connectivity index (χ1v) is 22.8. The molecule has 50 heavy (non-hydrogen) atoms. The van der Waals surface area contributed by atoms with Crippen LogP contribution < -0.4 is 11.1 Å². The molecule has 298 valence electrons. The summed E-state index contributed by atoms with van der Waals surface area (Å²) in [7, 11) is -4.33. The number of aliphatic hydroxyl groups excluding tert-OH is 1. The van der Waals surface area contributed by atoms with E-state index in [9.17, 15) is 19.4 Å². The van der Waals surface area contributed by atoms with Crippen molar-refractivity contribution in [2.75, 3.05) is 19.8 Å². The zero-order valence-corrected chi connectivity index (χ0v) is 33.8. The van der Waals surface area contributed by atoms with Crippen LogP contribution in [-0.2, 0) is 18.4 Å². The van der Waals surface area contributed by atoms with E-state index in [1.54, 1.807) is 6.08 Å². The Balaban J connectivity index is 4.17. The number of nitrogens with one attached hydrogen (secondary N) is 1. The molecule has 0 aromatic rings. The minimum atomic E-state index is -4.33. The Morgan fingerprint density at radius 2 is 1.02 bits per heavy atom. The fourth-order valence-corrected chi connectivity index (χ4v) is 7.13. The molecule has 3 atom stereocenters. The van der Waals surface area contributed by atoms with Gasteiger partial charge in [0.25, 0.3) is 0 Å². The fraction of sp³-hybridized carbons (Fsp3) is 0.927. The van der Waals surface area contributed by atoms with E-state index in [2.05, 4.69) is 19.2 Å². The maximum absolute atomic E-state index is 12.7. The second-order valence-electron chi connectivity index (χ2n) is 14.6. The van der Waals surface area contributed by atoms with Crippen LogP contribution in [0.4, 0.5) is 0 Å². The number of hydrogen-bond donors (Lipinski definition) is 4. The molecule has 0 bridgehead atoms. The zero-order chi connectivity index (χ0) is 36.8. The smallest absolute Gasteiger partial charge is 0.387 e. The molecule has 0 aromatic carbocycles. The second-order valence-corrected chi connectivity index (χ2v) is 16.0. The minimum Gasteiger partial charge on any atom is -0.387 e. The number of carbonyl (C=O) groups excluding carboxylic acids is 1.